The van der Waals surface area contributed by atoms with Crippen molar-refractivity contribution in [3.8, 4) is 66.8 Å². The van der Waals surface area contributed by atoms with Crippen molar-refractivity contribution in [2.75, 3.05) is 4.90 Å². The molecule has 0 saturated carbocycles. The van der Waals surface area contributed by atoms with Gasteiger partial charge >= 0.3 is 0 Å². The van der Waals surface area contributed by atoms with E-state index in [2.05, 4.69) is 241 Å². The summed E-state index contributed by atoms with van der Waals surface area (Å²) in [5.74, 6) is 0. The van der Waals surface area contributed by atoms with Gasteiger partial charge in [0.1, 0.15) is 22.3 Å². The van der Waals surface area contributed by atoms with Gasteiger partial charge in [-0.05, 0) is 164 Å². The number of hydrogen-bond donors (Lipinski definition) is 0. The van der Waals surface area contributed by atoms with Gasteiger partial charge in [0.2, 0.25) is 0 Å². The molecule has 0 spiro atoms. The smallest absolute Gasteiger partial charge is 0.135 e. The Morgan fingerprint density at radius 2 is 0.522 bits per heavy atom. The second-order valence-corrected chi connectivity index (χ2v) is 17.7. The summed E-state index contributed by atoms with van der Waals surface area (Å²) in [5.41, 5.74) is 20.6. The lowest BCUT2D eigenvalue weighted by Gasteiger charge is -2.26. The van der Waals surface area contributed by atoms with E-state index in [-0.39, 0.29) is 0 Å². The van der Waals surface area contributed by atoms with Crippen molar-refractivity contribution in [3.05, 3.63) is 261 Å². The molecule has 0 saturated heterocycles. The molecular weight excluding hydrogens is 839 g/mol. The second-order valence-electron chi connectivity index (χ2n) is 17.7. The molecule has 11 aromatic carbocycles. The highest BCUT2D eigenvalue weighted by atomic mass is 16.3. The third kappa shape index (κ3) is 7.53. The van der Waals surface area contributed by atoms with Crippen LogP contribution in [0.15, 0.2) is 270 Å². The molecule has 0 aliphatic heterocycles. The fourth-order valence-electron chi connectivity index (χ4n) is 9.96. The zero-order valence-corrected chi connectivity index (χ0v) is 37.6. The molecule has 2 heterocycles. The fourth-order valence-corrected chi connectivity index (χ4v) is 9.96. The largest absolute Gasteiger partial charge is 0.456 e. The molecule has 0 amide bonds. The summed E-state index contributed by atoms with van der Waals surface area (Å²) in [4.78, 5) is 2.35. The first kappa shape index (κ1) is 40.1. The molecule has 69 heavy (non-hydrogen) atoms. The molecule has 0 atom stereocenters. The van der Waals surface area contributed by atoms with Crippen molar-refractivity contribution in [1.29, 1.82) is 0 Å². The van der Waals surface area contributed by atoms with E-state index in [0.717, 1.165) is 105 Å². The maximum absolute atomic E-state index is 6.26. The van der Waals surface area contributed by atoms with Crippen molar-refractivity contribution in [2.24, 2.45) is 0 Å². The van der Waals surface area contributed by atoms with Gasteiger partial charge < -0.3 is 13.7 Å². The van der Waals surface area contributed by atoms with Gasteiger partial charge in [-0.15, -0.1) is 0 Å². The molecule has 0 bridgehead atoms. The first-order chi connectivity index (χ1) is 34.1. The Bertz CT molecular complexity index is 3780. The van der Waals surface area contributed by atoms with Crippen LogP contribution in [0.2, 0.25) is 0 Å². The van der Waals surface area contributed by atoms with Crippen LogP contribution in [0, 0.1) is 0 Å². The molecule has 2 aromatic heterocycles. The molecule has 3 nitrogen and oxygen atoms in total. The number of rotatable bonds is 9. The number of benzene rings is 11. The number of hydrogen-bond acceptors (Lipinski definition) is 3. The summed E-state index contributed by atoms with van der Waals surface area (Å²) in [6, 6.07) is 93.4. The Balaban J connectivity index is 0.915. The van der Waals surface area contributed by atoms with Crippen molar-refractivity contribution >= 4 is 60.9 Å². The molecule has 0 aliphatic rings. The minimum Gasteiger partial charge on any atom is -0.456 e. The minimum absolute atomic E-state index is 0.885. The molecule has 0 fully saturated rings. The maximum atomic E-state index is 6.26. The Morgan fingerprint density at radius 1 is 0.188 bits per heavy atom. The zero-order chi connectivity index (χ0) is 45.7. The summed E-state index contributed by atoms with van der Waals surface area (Å²) >= 11 is 0. The second kappa shape index (κ2) is 16.9. The maximum Gasteiger partial charge on any atom is 0.135 e. The number of nitrogens with zero attached hydrogens (tertiary/aromatic N) is 1. The minimum atomic E-state index is 0.885. The molecule has 0 aliphatic carbocycles. The van der Waals surface area contributed by atoms with Crippen LogP contribution in [0.5, 0.6) is 0 Å². The SMILES string of the molecule is c1ccc(-c2ccc(N(c3ccc(-c4ccccc4)cc3)c3cccc(-c4cccc(-c5cc(-c6ccc7oc8ccccc8c7c6)cc(-c6ccc7oc8ccccc8c7c6)c5)c4)c3)cc2)cc1. The lowest BCUT2D eigenvalue weighted by atomic mass is 9.91. The van der Waals surface area contributed by atoms with Crippen molar-refractivity contribution in [3.63, 3.8) is 0 Å². The summed E-state index contributed by atoms with van der Waals surface area (Å²) in [6.07, 6.45) is 0. The zero-order valence-electron chi connectivity index (χ0n) is 37.6. The molecule has 0 unspecified atom stereocenters. The van der Waals surface area contributed by atoms with Gasteiger partial charge in [0.15, 0.2) is 0 Å². The van der Waals surface area contributed by atoms with Crippen LogP contribution in [-0.4, -0.2) is 0 Å². The molecule has 0 radical (unpaired) electrons. The molecular formula is C66H43NO2. The number of para-hydroxylation sites is 2. The molecule has 13 aromatic rings. The lowest BCUT2D eigenvalue weighted by Crippen LogP contribution is -2.10. The van der Waals surface area contributed by atoms with Crippen molar-refractivity contribution < 1.29 is 8.83 Å². The monoisotopic (exact) mass is 881 g/mol. The summed E-state index contributed by atoms with van der Waals surface area (Å²) < 4.78 is 12.5. The number of anilines is 3. The van der Waals surface area contributed by atoms with Gasteiger partial charge in [-0.2, -0.15) is 0 Å². The van der Waals surface area contributed by atoms with E-state index >= 15 is 0 Å². The highest BCUT2D eigenvalue weighted by Gasteiger charge is 2.17. The van der Waals surface area contributed by atoms with Gasteiger partial charge in [-0.3, -0.25) is 0 Å². The predicted molar refractivity (Wildman–Crippen MR) is 288 cm³/mol. The predicted octanol–water partition coefficient (Wildman–Crippen LogP) is 19.0. The highest BCUT2D eigenvalue weighted by Crippen LogP contribution is 2.42. The Hall–Kier alpha value is -9.18. The van der Waals surface area contributed by atoms with Gasteiger partial charge in [0.05, 0.1) is 0 Å². The van der Waals surface area contributed by atoms with Crippen LogP contribution in [0.4, 0.5) is 17.1 Å². The Labute approximate surface area is 400 Å². The van der Waals surface area contributed by atoms with E-state index in [1.54, 1.807) is 0 Å². The van der Waals surface area contributed by atoms with Crippen LogP contribution in [-0.2, 0) is 0 Å². The standard InChI is InChI=1S/C66H43NO2/c1-3-13-44(14-4-1)46-25-31-56(32-26-46)67(57-33-27-47(28-34-57)45-15-5-2-6-16-45)58-20-12-19-50(41-58)48-17-11-18-49(37-48)53-38-54(51-29-35-65-61(42-51)59-21-7-9-23-63(59)68-65)40-55(39-53)52-30-36-66-62(43-52)60-22-8-10-24-64(60)69-66/h1-43H. The molecule has 0 N–H and O–H groups in total. The van der Waals surface area contributed by atoms with Crippen LogP contribution >= 0.6 is 0 Å². The number of fused-ring (bicyclic) bond motifs is 6. The van der Waals surface area contributed by atoms with Crippen LogP contribution in [0.25, 0.3) is 111 Å². The van der Waals surface area contributed by atoms with Gasteiger partial charge in [0.25, 0.3) is 0 Å². The molecule has 3 heteroatoms. The summed E-state index contributed by atoms with van der Waals surface area (Å²) in [6.45, 7) is 0. The van der Waals surface area contributed by atoms with E-state index in [9.17, 15) is 0 Å². The summed E-state index contributed by atoms with van der Waals surface area (Å²) in [7, 11) is 0. The Kier molecular flexibility index (Phi) is 9.84. The summed E-state index contributed by atoms with van der Waals surface area (Å²) in [5, 5.41) is 4.45. The average Bonchev–Trinajstić information content (AvgIpc) is 4.00. The fraction of sp³-hybridized carbons (Fsp3) is 0. The third-order valence-corrected chi connectivity index (χ3v) is 13.5. The normalized spacial score (nSPS) is 11.5. The number of furan rings is 2. The van der Waals surface area contributed by atoms with Gasteiger partial charge in [-0.1, -0.05) is 164 Å². The quantitative estimate of drug-likeness (QED) is 0.145. The highest BCUT2D eigenvalue weighted by molar-refractivity contribution is 6.08. The van der Waals surface area contributed by atoms with E-state index in [1.807, 2.05) is 24.3 Å². The van der Waals surface area contributed by atoms with E-state index < -0.39 is 0 Å². The average molecular weight is 882 g/mol. The first-order valence-electron chi connectivity index (χ1n) is 23.5. The third-order valence-electron chi connectivity index (χ3n) is 13.5. The van der Waals surface area contributed by atoms with E-state index in [0.29, 0.717) is 0 Å². The molecule has 324 valence electrons. The van der Waals surface area contributed by atoms with Crippen LogP contribution in [0.1, 0.15) is 0 Å². The van der Waals surface area contributed by atoms with Gasteiger partial charge in [0, 0.05) is 38.6 Å². The molecule has 13 rings (SSSR count). The Morgan fingerprint density at radius 3 is 1.01 bits per heavy atom. The van der Waals surface area contributed by atoms with Crippen LogP contribution in [0.3, 0.4) is 0 Å². The van der Waals surface area contributed by atoms with Crippen molar-refractivity contribution in [2.45, 2.75) is 0 Å². The topological polar surface area (TPSA) is 29.5 Å². The van der Waals surface area contributed by atoms with E-state index in [1.165, 1.54) is 22.3 Å². The van der Waals surface area contributed by atoms with Crippen molar-refractivity contribution in [1.82, 2.24) is 0 Å². The van der Waals surface area contributed by atoms with Crippen LogP contribution < -0.4 is 4.90 Å². The lowest BCUT2D eigenvalue weighted by molar-refractivity contribution is 0.668. The van der Waals surface area contributed by atoms with E-state index in [4.69, 9.17) is 8.83 Å². The van der Waals surface area contributed by atoms with Gasteiger partial charge in [-0.25, -0.2) is 0 Å². The first-order valence-corrected chi connectivity index (χ1v) is 23.5.